The number of hydrogen-bond acceptors (Lipinski definition) is 7. The number of carbonyl (C=O) groups is 1. The molecule has 1 unspecified atom stereocenters. The van der Waals surface area contributed by atoms with E-state index in [4.69, 9.17) is 36.9 Å². The zero-order chi connectivity index (χ0) is 19.9. The summed E-state index contributed by atoms with van der Waals surface area (Å²) in [6.45, 7) is 4.61. The van der Waals surface area contributed by atoms with Gasteiger partial charge in [0.05, 0.1) is 44.3 Å². The van der Waals surface area contributed by atoms with Crippen LogP contribution in [0.25, 0.3) is 0 Å². The lowest BCUT2D eigenvalue weighted by molar-refractivity contribution is 0.121. The summed E-state index contributed by atoms with van der Waals surface area (Å²) >= 11 is 4.80. The van der Waals surface area contributed by atoms with E-state index in [1.165, 1.54) is 0 Å². The SMILES string of the molecule is COCCOc1cc(N2CC(CNC(N)=S)OC2=O)ccc1N1CCOCC1. The minimum absolute atomic E-state index is 0.179. The first-order valence-electron chi connectivity index (χ1n) is 9.18. The first kappa shape index (κ1) is 20.4. The smallest absolute Gasteiger partial charge is 0.414 e. The Morgan fingerprint density at radius 1 is 1.36 bits per heavy atom. The van der Waals surface area contributed by atoms with E-state index in [1.54, 1.807) is 12.0 Å². The minimum Gasteiger partial charge on any atom is -0.489 e. The lowest BCUT2D eigenvalue weighted by atomic mass is 10.2. The Labute approximate surface area is 169 Å². The molecule has 1 atom stereocenters. The molecular weight excluding hydrogens is 384 g/mol. The molecule has 0 aromatic heterocycles. The van der Waals surface area contributed by atoms with Crippen molar-refractivity contribution in [1.29, 1.82) is 0 Å². The summed E-state index contributed by atoms with van der Waals surface area (Å²) in [5.74, 6) is 0.703. The van der Waals surface area contributed by atoms with Gasteiger partial charge in [-0.1, -0.05) is 0 Å². The number of nitrogens with zero attached hydrogens (tertiary/aromatic N) is 2. The summed E-state index contributed by atoms with van der Waals surface area (Å²) in [4.78, 5) is 16.1. The Morgan fingerprint density at radius 3 is 2.86 bits per heavy atom. The molecule has 0 bridgehead atoms. The Hall–Kier alpha value is -2.30. The topological polar surface area (TPSA) is 98.5 Å². The number of anilines is 2. The zero-order valence-electron chi connectivity index (χ0n) is 15.9. The van der Waals surface area contributed by atoms with Crippen molar-refractivity contribution in [3.63, 3.8) is 0 Å². The lowest BCUT2D eigenvalue weighted by Gasteiger charge is -2.30. The summed E-state index contributed by atoms with van der Waals surface area (Å²) in [6, 6.07) is 5.74. The second kappa shape index (κ2) is 9.76. The average Bonchev–Trinajstić information content (AvgIpc) is 3.08. The number of nitrogens with one attached hydrogen (secondary N) is 1. The molecule has 0 spiro atoms. The summed E-state index contributed by atoms with van der Waals surface area (Å²) in [5.41, 5.74) is 7.13. The van der Waals surface area contributed by atoms with Gasteiger partial charge in [0.25, 0.3) is 0 Å². The van der Waals surface area contributed by atoms with E-state index < -0.39 is 6.09 Å². The van der Waals surface area contributed by atoms with Crippen LogP contribution in [-0.4, -0.2) is 77.0 Å². The lowest BCUT2D eigenvalue weighted by Crippen LogP contribution is -2.37. The highest BCUT2D eigenvalue weighted by Crippen LogP contribution is 2.34. The van der Waals surface area contributed by atoms with Crippen LogP contribution < -0.4 is 25.6 Å². The van der Waals surface area contributed by atoms with Gasteiger partial charge < -0.3 is 34.9 Å². The van der Waals surface area contributed by atoms with Gasteiger partial charge in [-0.15, -0.1) is 0 Å². The van der Waals surface area contributed by atoms with Crippen LogP contribution in [-0.2, 0) is 14.2 Å². The highest BCUT2D eigenvalue weighted by Gasteiger charge is 2.33. The van der Waals surface area contributed by atoms with Gasteiger partial charge in [-0.3, -0.25) is 4.90 Å². The second-order valence-corrected chi connectivity index (χ2v) is 6.89. The quantitative estimate of drug-likeness (QED) is 0.474. The number of cyclic esters (lactones) is 1. The predicted molar refractivity (Wildman–Crippen MR) is 109 cm³/mol. The van der Waals surface area contributed by atoms with Gasteiger partial charge in [0.15, 0.2) is 5.11 Å². The fourth-order valence-corrected chi connectivity index (χ4v) is 3.22. The highest BCUT2D eigenvalue weighted by atomic mass is 32.1. The average molecular weight is 410 g/mol. The minimum atomic E-state index is -0.406. The van der Waals surface area contributed by atoms with Gasteiger partial charge in [0, 0.05) is 26.3 Å². The molecule has 28 heavy (non-hydrogen) atoms. The molecule has 0 aliphatic carbocycles. The van der Waals surface area contributed by atoms with Crippen molar-refractivity contribution in [2.45, 2.75) is 6.10 Å². The van der Waals surface area contributed by atoms with Crippen LogP contribution in [0.1, 0.15) is 0 Å². The third-order valence-electron chi connectivity index (χ3n) is 4.53. The molecule has 9 nitrogen and oxygen atoms in total. The number of morpholine rings is 1. The summed E-state index contributed by atoms with van der Waals surface area (Å²) < 4.78 is 21.8. The van der Waals surface area contributed by atoms with E-state index >= 15 is 0 Å². The number of carbonyl (C=O) groups excluding carboxylic acids is 1. The first-order valence-corrected chi connectivity index (χ1v) is 9.59. The Kier molecular flexibility index (Phi) is 7.12. The second-order valence-electron chi connectivity index (χ2n) is 6.45. The Balaban J connectivity index is 1.76. The maximum atomic E-state index is 12.3. The van der Waals surface area contributed by atoms with Gasteiger partial charge in [-0.05, 0) is 24.4 Å². The first-order chi connectivity index (χ1) is 13.6. The largest absolute Gasteiger partial charge is 0.489 e. The van der Waals surface area contributed by atoms with Crippen molar-refractivity contribution in [1.82, 2.24) is 5.32 Å². The standard InChI is InChI=1S/C18H26N4O5S/c1-24-8-9-26-16-10-13(2-3-15(16)21-4-6-25-7-5-21)22-12-14(27-18(22)23)11-20-17(19)28/h2-3,10,14H,4-9,11-12H2,1H3,(H3,19,20,28). The van der Waals surface area contributed by atoms with E-state index in [-0.39, 0.29) is 11.2 Å². The van der Waals surface area contributed by atoms with Crippen LogP contribution in [0.15, 0.2) is 18.2 Å². The molecule has 1 aromatic rings. The predicted octanol–water partition coefficient (Wildman–Crippen LogP) is 0.707. The summed E-state index contributed by atoms with van der Waals surface area (Å²) in [5, 5.41) is 3.00. The van der Waals surface area contributed by atoms with Gasteiger partial charge in [0.1, 0.15) is 18.5 Å². The Morgan fingerprint density at radius 2 is 2.14 bits per heavy atom. The summed E-state index contributed by atoms with van der Waals surface area (Å²) in [6.07, 6.45) is -0.734. The van der Waals surface area contributed by atoms with Crippen LogP contribution in [0.2, 0.25) is 0 Å². The fourth-order valence-electron chi connectivity index (χ4n) is 3.14. The van der Waals surface area contributed by atoms with E-state index in [9.17, 15) is 4.79 Å². The van der Waals surface area contributed by atoms with E-state index in [2.05, 4.69) is 10.2 Å². The molecule has 2 aliphatic rings. The van der Waals surface area contributed by atoms with Gasteiger partial charge in [-0.25, -0.2) is 4.79 Å². The normalized spacial score (nSPS) is 19.5. The molecule has 154 valence electrons. The zero-order valence-corrected chi connectivity index (χ0v) is 16.7. The van der Waals surface area contributed by atoms with Crippen molar-refractivity contribution in [2.75, 3.05) is 69.5 Å². The molecule has 2 fully saturated rings. The molecule has 0 saturated carbocycles. The number of hydrogen-bond donors (Lipinski definition) is 2. The van der Waals surface area contributed by atoms with Crippen LogP contribution >= 0.6 is 12.2 Å². The summed E-state index contributed by atoms with van der Waals surface area (Å²) in [7, 11) is 1.63. The number of thiocarbonyl (C=S) groups is 1. The third-order valence-corrected chi connectivity index (χ3v) is 4.67. The number of nitrogens with two attached hydrogens (primary N) is 1. The number of rotatable bonds is 8. The van der Waals surface area contributed by atoms with Crippen molar-refractivity contribution in [3.8, 4) is 5.75 Å². The van der Waals surface area contributed by atoms with Crippen LogP contribution in [0.5, 0.6) is 5.75 Å². The monoisotopic (exact) mass is 410 g/mol. The number of methoxy groups -OCH3 is 1. The van der Waals surface area contributed by atoms with Crippen molar-refractivity contribution < 1.29 is 23.7 Å². The van der Waals surface area contributed by atoms with Crippen molar-refractivity contribution in [2.24, 2.45) is 5.73 Å². The van der Waals surface area contributed by atoms with E-state index in [0.29, 0.717) is 51.0 Å². The molecular formula is C18H26N4O5S. The molecule has 2 aliphatic heterocycles. The van der Waals surface area contributed by atoms with Gasteiger partial charge in [-0.2, -0.15) is 0 Å². The van der Waals surface area contributed by atoms with Gasteiger partial charge >= 0.3 is 6.09 Å². The van der Waals surface area contributed by atoms with Crippen LogP contribution in [0, 0.1) is 0 Å². The Bertz CT molecular complexity index is 699. The number of ether oxygens (including phenoxy) is 4. The van der Waals surface area contributed by atoms with E-state index in [0.717, 1.165) is 18.8 Å². The molecule has 2 heterocycles. The molecule has 10 heteroatoms. The van der Waals surface area contributed by atoms with Crippen molar-refractivity contribution in [3.05, 3.63) is 18.2 Å². The van der Waals surface area contributed by atoms with Gasteiger partial charge in [0.2, 0.25) is 0 Å². The maximum absolute atomic E-state index is 12.3. The molecule has 1 amide bonds. The molecule has 2 saturated heterocycles. The van der Waals surface area contributed by atoms with E-state index in [1.807, 2.05) is 18.2 Å². The number of amides is 1. The highest BCUT2D eigenvalue weighted by molar-refractivity contribution is 7.80. The number of benzene rings is 1. The van der Waals surface area contributed by atoms with Crippen LogP contribution in [0.3, 0.4) is 0 Å². The fraction of sp³-hybridized carbons (Fsp3) is 0.556. The molecule has 0 radical (unpaired) electrons. The third kappa shape index (κ3) is 5.15. The molecule has 3 rings (SSSR count). The maximum Gasteiger partial charge on any atom is 0.414 e. The molecule has 1 aromatic carbocycles. The van der Waals surface area contributed by atoms with Crippen molar-refractivity contribution >= 4 is 34.8 Å². The van der Waals surface area contributed by atoms with Crippen LogP contribution in [0.4, 0.5) is 16.2 Å². The molecule has 3 N–H and O–H groups in total.